The maximum absolute atomic E-state index is 11.8. The number of amides is 1. The van der Waals surface area contributed by atoms with Crippen molar-refractivity contribution in [2.24, 2.45) is 5.73 Å². The monoisotopic (exact) mass is 319 g/mol. The molecule has 1 fully saturated rings. The summed E-state index contributed by atoms with van der Waals surface area (Å²) in [6, 6.07) is 7.82. The number of hydrogen-bond donors (Lipinski definition) is 2. The van der Waals surface area contributed by atoms with E-state index in [1.807, 2.05) is 6.07 Å². The van der Waals surface area contributed by atoms with Crippen molar-refractivity contribution >= 4 is 5.91 Å². The minimum Gasteiger partial charge on any atom is -0.383 e. The maximum Gasteiger partial charge on any atom is 0.239 e. The average molecular weight is 319 g/mol. The summed E-state index contributed by atoms with van der Waals surface area (Å²) in [4.78, 5) is 14.3. The highest BCUT2D eigenvalue weighted by Gasteiger charge is 2.13. The fourth-order valence-electron chi connectivity index (χ4n) is 2.97. The summed E-state index contributed by atoms with van der Waals surface area (Å²) in [5.74, 6) is -0.176. The van der Waals surface area contributed by atoms with Crippen LogP contribution in [-0.4, -0.2) is 43.7 Å². The molecule has 128 valence electrons. The molecule has 0 radical (unpaired) electrons. The number of hydrogen-bond acceptors (Lipinski definition) is 4. The Morgan fingerprint density at radius 1 is 1.26 bits per heavy atom. The normalized spacial score (nSPS) is 17.5. The molecule has 3 N–H and O–H groups in total. The van der Waals surface area contributed by atoms with E-state index in [0.29, 0.717) is 6.54 Å². The van der Waals surface area contributed by atoms with Crippen LogP contribution in [0.1, 0.15) is 36.8 Å². The van der Waals surface area contributed by atoms with Crippen LogP contribution in [0.3, 0.4) is 0 Å². The maximum atomic E-state index is 11.8. The van der Waals surface area contributed by atoms with Gasteiger partial charge in [0.05, 0.1) is 6.61 Å². The molecule has 1 aliphatic heterocycles. The zero-order valence-electron chi connectivity index (χ0n) is 14.1. The number of ether oxygens (including phenoxy) is 1. The predicted octanol–water partition coefficient (Wildman–Crippen LogP) is 1.65. The number of likely N-dealkylation sites (tertiary alicyclic amines) is 1. The molecule has 2 rings (SSSR count). The van der Waals surface area contributed by atoms with Crippen LogP contribution >= 0.6 is 0 Å². The van der Waals surface area contributed by atoms with E-state index in [-0.39, 0.29) is 12.5 Å². The summed E-state index contributed by atoms with van der Waals surface area (Å²) < 4.78 is 4.90. The van der Waals surface area contributed by atoms with Gasteiger partial charge in [-0.3, -0.25) is 9.69 Å². The number of carbonyl (C=O) groups excluding carboxylic acids is 1. The van der Waals surface area contributed by atoms with E-state index >= 15 is 0 Å². The molecule has 0 aliphatic carbocycles. The molecule has 0 saturated carbocycles. The highest BCUT2D eigenvalue weighted by atomic mass is 16.5. The Morgan fingerprint density at radius 3 is 2.65 bits per heavy atom. The standard InChI is InChI=1S/C18H29N3O2/c1-23-14-17(19)18(22)20-12-15-7-6-8-16(11-15)13-21-9-4-2-3-5-10-21/h6-8,11,17H,2-5,9-10,12-14,19H2,1H3,(H,20,22). The van der Waals surface area contributed by atoms with Crippen molar-refractivity contribution in [3.8, 4) is 0 Å². The largest absolute Gasteiger partial charge is 0.383 e. The number of nitrogens with two attached hydrogens (primary N) is 1. The van der Waals surface area contributed by atoms with E-state index in [1.54, 1.807) is 7.11 Å². The SMILES string of the molecule is COCC(N)C(=O)NCc1cccc(CN2CCCCCC2)c1. The average Bonchev–Trinajstić information content (AvgIpc) is 2.82. The molecule has 1 unspecified atom stereocenters. The Kier molecular flexibility index (Phi) is 7.52. The summed E-state index contributed by atoms with van der Waals surface area (Å²) >= 11 is 0. The fourth-order valence-corrected chi connectivity index (χ4v) is 2.97. The molecule has 1 heterocycles. The van der Waals surface area contributed by atoms with E-state index in [2.05, 4.69) is 28.4 Å². The minimum atomic E-state index is -0.611. The van der Waals surface area contributed by atoms with Crippen LogP contribution in [0.25, 0.3) is 0 Å². The first-order chi connectivity index (χ1) is 11.2. The number of methoxy groups -OCH3 is 1. The van der Waals surface area contributed by atoms with Crippen LogP contribution in [-0.2, 0) is 22.6 Å². The highest BCUT2D eigenvalue weighted by molar-refractivity contribution is 5.81. The van der Waals surface area contributed by atoms with Crippen molar-refractivity contribution in [1.29, 1.82) is 0 Å². The third-order valence-electron chi connectivity index (χ3n) is 4.25. The molecule has 0 spiro atoms. The van der Waals surface area contributed by atoms with Crippen molar-refractivity contribution in [1.82, 2.24) is 10.2 Å². The summed E-state index contributed by atoms with van der Waals surface area (Å²) in [6.07, 6.45) is 5.30. The Morgan fingerprint density at radius 2 is 1.96 bits per heavy atom. The number of nitrogens with zero attached hydrogens (tertiary/aromatic N) is 1. The van der Waals surface area contributed by atoms with Gasteiger partial charge in [-0.25, -0.2) is 0 Å². The Labute approximate surface area is 139 Å². The summed E-state index contributed by atoms with van der Waals surface area (Å²) in [5, 5.41) is 2.87. The number of benzene rings is 1. The van der Waals surface area contributed by atoms with Crippen LogP contribution in [0, 0.1) is 0 Å². The van der Waals surface area contributed by atoms with Crippen LogP contribution < -0.4 is 11.1 Å². The van der Waals surface area contributed by atoms with Crippen molar-refractivity contribution in [2.45, 2.75) is 44.8 Å². The van der Waals surface area contributed by atoms with Crippen LogP contribution in [0.5, 0.6) is 0 Å². The Balaban J connectivity index is 1.85. The van der Waals surface area contributed by atoms with E-state index < -0.39 is 6.04 Å². The van der Waals surface area contributed by atoms with Crippen LogP contribution in [0.2, 0.25) is 0 Å². The van der Waals surface area contributed by atoms with Crippen molar-refractivity contribution in [3.63, 3.8) is 0 Å². The molecule has 5 nitrogen and oxygen atoms in total. The second-order valence-electron chi connectivity index (χ2n) is 6.29. The zero-order valence-corrected chi connectivity index (χ0v) is 14.1. The third kappa shape index (κ3) is 6.29. The number of nitrogens with one attached hydrogen (secondary N) is 1. The smallest absolute Gasteiger partial charge is 0.239 e. The fraction of sp³-hybridized carbons (Fsp3) is 0.611. The van der Waals surface area contributed by atoms with Gasteiger partial charge in [0.25, 0.3) is 0 Å². The van der Waals surface area contributed by atoms with Gasteiger partial charge in [-0.15, -0.1) is 0 Å². The van der Waals surface area contributed by atoms with Crippen LogP contribution in [0.4, 0.5) is 0 Å². The molecule has 1 aliphatic rings. The van der Waals surface area contributed by atoms with Crippen molar-refractivity contribution < 1.29 is 9.53 Å². The van der Waals surface area contributed by atoms with Crippen molar-refractivity contribution in [3.05, 3.63) is 35.4 Å². The van der Waals surface area contributed by atoms with Gasteiger partial charge in [0.2, 0.25) is 5.91 Å². The van der Waals surface area contributed by atoms with Gasteiger partial charge >= 0.3 is 0 Å². The molecule has 1 atom stereocenters. The highest BCUT2D eigenvalue weighted by Crippen LogP contribution is 2.14. The van der Waals surface area contributed by atoms with E-state index in [1.165, 1.54) is 44.3 Å². The molecule has 1 saturated heterocycles. The zero-order chi connectivity index (χ0) is 16.5. The molecular weight excluding hydrogens is 290 g/mol. The molecule has 0 aromatic heterocycles. The molecule has 1 amide bonds. The first-order valence-corrected chi connectivity index (χ1v) is 8.51. The van der Waals surface area contributed by atoms with Gasteiger partial charge in [0, 0.05) is 20.2 Å². The summed E-state index contributed by atoms with van der Waals surface area (Å²) in [6.45, 7) is 4.11. The Bertz CT molecular complexity index is 485. The summed E-state index contributed by atoms with van der Waals surface area (Å²) in [5.41, 5.74) is 8.13. The molecule has 1 aromatic rings. The molecule has 5 heteroatoms. The van der Waals surface area contributed by atoms with Gasteiger partial charge < -0.3 is 15.8 Å². The Hall–Kier alpha value is -1.43. The van der Waals surface area contributed by atoms with Gasteiger partial charge in [0.1, 0.15) is 6.04 Å². The number of rotatable bonds is 7. The first-order valence-electron chi connectivity index (χ1n) is 8.51. The lowest BCUT2D eigenvalue weighted by atomic mass is 10.1. The molecule has 0 bridgehead atoms. The second kappa shape index (κ2) is 9.65. The van der Waals surface area contributed by atoms with E-state index in [9.17, 15) is 4.79 Å². The lowest BCUT2D eigenvalue weighted by Gasteiger charge is -2.20. The van der Waals surface area contributed by atoms with Gasteiger partial charge in [-0.2, -0.15) is 0 Å². The lowest BCUT2D eigenvalue weighted by Crippen LogP contribution is -2.43. The van der Waals surface area contributed by atoms with Gasteiger partial charge in [-0.1, -0.05) is 37.1 Å². The topological polar surface area (TPSA) is 67.6 Å². The minimum absolute atomic E-state index is 0.176. The van der Waals surface area contributed by atoms with E-state index in [4.69, 9.17) is 10.5 Å². The second-order valence-corrected chi connectivity index (χ2v) is 6.29. The third-order valence-corrected chi connectivity index (χ3v) is 4.25. The molecule has 23 heavy (non-hydrogen) atoms. The quantitative estimate of drug-likeness (QED) is 0.802. The van der Waals surface area contributed by atoms with Gasteiger partial charge in [-0.05, 0) is 37.1 Å². The number of carbonyl (C=O) groups is 1. The molecule has 1 aromatic carbocycles. The summed E-state index contributed by atoms with van der Waals surface area (Å²) in [7, 11) is 1.54. The first kappa shape index (κ1) is 17.9. The van der Waals surface area contributed by atoms with Crippen molar-refractivity contribution in [2.75, 3.05) is 26.8 Å². The van der Waals surface area contributed by atoms with Gasteiger partial charge in [0.15, 0.2) is 0 Å². The molecular formula is C18H29N3O2. The van der Waals surface area contributed by atoms with Crippen LogP contribution in [0.15, 0.2) is 24.3 Å². The predicted molar refractivity (Wildman–Crippen MR) is 91.9 cm³/mol. The van der Waals surface area contributed by atoms with E-state index in [0.717, 1.165) is 12.1 Å². The lowest BCUT2D eigenvalue weighted by molar-refractivity contribution is -0.123.